The van der Waals surface area contributed by atoms with Crippen LogP contribution in [0.3, 0.4) is 0 Å². The van der Waals surface area contributed by atoms with Gasteiger partial charge in [-0.3, -0.25) is 0 Å². The van der Waals surface area contributed by atoms with Crippen molar-refractivity contribution in [3.8, 4) is 5.75 Å². The van der Waals surface area contributed by atoms with E-state index in [9.17, 15) is 13.2 Å². The molecule has 1 rings (SSSR count). The van der Waals surface area contributed by atoms with Crippen LogP contribution in [0.15, 0.2) is 24.3 Å². The molecule has 17 heavy (non-hydrogen) atoms. The molecule has 0 N–H and O–H groups in total. The minimum Gasteiger partial charge on any atom is -0.494 e. The summed E-state index contributed by atoms with van der Waals surface area (Å²) < 4.78 is 42.2. The van der Waals surface area contributed by atoms with E-state index in [0.717, 1.165) is 25.0 Å². The van der Waals surface area contributed by atoms with Gasteiger partial charge in [-0.15, -0.1) is 0 Å². The molecule has 1 aromatic carbocycles. The molecule has 0 atom stereocenters. The lowest BCUT2D eigenvalue weighted by molar-refractivity contribution is -0.137. The third kappa shape index (κ3) is 5.11. The second kappa shape index (κ2) is 5.94. The molecule has 0 bridgehead atoms. The molecule has 0 aliphatic rings. The first-order valence-electron chi connectivity index (χ1n) is 5.69. The summed E-state index contributed by atoms with van der Waals surface area (Å²) >= 11 is 0. The van der Waals surface area contributed by atoms with Crippen LogP contribution in [-0.2, 0) is 6.18 Å². The van der Waals surface area contributed by atoms with E-state index in [-0.39, 0.29) is 0 Å². The lowest BCUT2D eigenvalue weighted by atomic mass is 10.1. The van der Waals surface area contributed by atoms with Gasteiger partial charge >= 0.3 is 6.18 Å². The molecule has 0 aliphatic carbocycles. The highest BCUT2D eigenvalue weighted by atomic mass is 19.4. The van der Waals surface area contributed by atoms with Gasteiger partial charge in [-0.25, -0.2) is 0 Å². The third-order valence-corrected chi connectivity index (χ3v) is 2.38. The molecule has 0 amide bonds. The number of rotatable bonds is 5. The first-order chi connectivity index (χ1) is 7.89. The Morgan fingerprint density at radius 1 is 1.12 bits per heavy atom. The molecule has 1 aromatic rings. The van der Waals surface area contributed by atoms with Crippen LogP contribution >= 0.6 is 0 Å². The molecule has 0 heterocycles. The molecular formula is C13H17F3O. The van der Waals surface area contributed by atoms with Gasteiger partial charge in [-0.2, -0.15) is 13.2 Å². The number of hydrogen-bond acceptors (Lipinski definition) is 1. The summed E-state index contributed by atoms with van der Waals surface area (Å²) in [4.78, 5) is 0. The normalized spacial score (nSPS) is 11.9. The molecule has 0 saturated carbocycles. The monoisotopic (exact) mass is 246 g/mol. The third-order valence-electron chi connectivity index (χ3n) is 2.38. The smallest absolute Gasteiger partial charge is 0.416 e. The van der Waals surface area contributed by atoms with Crippen LogP contribution in [0.25, 0.3) is 0 Å². The highest BCUT2D eigenvalue weighted by molar-refractivity contribution is 5.28. The lowest BCUT2D eigenvalue weighted by Crippen LogP contribution is -2.05. The van der Waals surface area contributed by atoms with Crippen molar-refractivity contribution in [2.45, 2.75) is 32.9 Å². The quantitative estimate of drug-likeness (QED) is 0.694. The van der Waals surface area contributed by atoms with E-state index < -0.39 is 11.7 Å². The summed E-state index contributed by atoms with van der Waals surface area (Å²) in [6.07, 6.45) is -2.31. The Morgan fingerprint density at radius 3 is 2.18 bits per heavy atom. The minimum absolute atomic E-state index is 0.488. The number of ether oxygens (including phenoxy) is 1. The predicted octanol–water partition coefficient (Wildman–Crippen LogP) is 4.52. The number of halogens is 3. The fourth-order valence-electron chi connectivity index (χ4n) is 1.42. The Hall–Kier alpha value is -1.19. The van der Waals surface area contributed by atoms with Crippen molar-refractivity contribution in [1.29, 1.82) is 0 Å². The standard InChI is InChI=1S/C13H17F3O/c1-10(2)4-3-9-17-12-7-5-11(6-8-12)13(14,15)16/h5-8,10H,3-4,9H2,1-2H3. The van der Waals surface area contributed by atoms with Crippen molar-refractivity contribution in [1.82, 2.24) is 0 Å². The van der Waals surface area contributed by atoms with Crippen LogP contribution in [0.2, 0.25) is 0 Å². The van der Waals surface area contributed by atoms with Gasteiger partial charge in [0.2, 0.25) is 0 Å². The lowest BCUT2D eigenvalue weighted by Gasteiger charge is -2.09. The highest BCUT2D eigenvalue weighted by Crippen LogP contribution is 2.30. The predicted molar refractivity (Wildman–Crippen MR) is 61.0 cm³/mol. The average Bonchev–Trinajstić information content (AvgIpc) is 2.23. The molecule has 96 valence electrons. The Bertz CT molecular complexity index is 328. The van der Waals surface area contributed by atoms with Gasteiger partial charge in [0, 0.05) is 0 Å². The minimum atomic E-state index is -4.28. The second-order valence-electron chi connectivity index (χ2n) is 4.41. The molecule has 1 nitrogen and oxygen atoms in total. The Labute approximate surface area is 99.6 Å². The van der Waals surface area contributed by atoms with Crippen molar-refractivity contribution in [2.24, 2.45) is 5.92 Å². The summed E-state index contributed by atoms with van der Waals surface area (Å²) in [6.45, 7) is 4.79. The van der Waals surface area contributed by atoms with Crippen LogP contribution in [0.1, 0.15) is 32.3 Å². The number of benzene rings is 1. The van der Waals surface area contributed by atoms with Crippen LogP contribution in [0.5, 0.6) is 5.75 Å². The Balaban J connectivity index is 2.41. The molecule has 0 fully saturated rings. The zero-order chi connectivity index (χ0) is 12.9. The number of alkyl halides is 3. The van der Waals surface area contributed by atoms with E-state index in [1.165, 1.54) is 12.1 Å². The SMILES string of the molecule is CC(C)CCCOc1ccc(C(F)(F)F)cc1. The van der Waals surface area contributed by atoms with Crippen LogP contribution in [-0.4, -0.2) is 6.61 Å². The molecule has 0 saturated heterocycles. The van der Waals surface area contributed by atoms with Crippen LogP contribution in [0, 0.1) is 5.92 Å². The topological polar surface area (TPSA) is 9.23 Å². The van der Waals surface area contributed by atoms with Crippen molar-refractivity contribution < 1.29 is 17.9 Å². The average molecular weight is 246 g/mol. The summed E-state index contributed by atoms with van der Waals surface area (Å²) in [5.74, 6) is 1.10. The molecule has 0 spiro atoms. The maximum absolute atomic E-state index is 12.3. The van der Waals surface area contributed by atoms with E-state index in [1.807, 2.05) is 0 Å². The van der Waals surface area contributed by atoms with E-state index in [1.54, 1.807) is 0 Å². The van der Waals surface area contributed by atoms with Crippen molar-refractivity contribution in [3.05, 3.63) is 29.8 Å². The first kappa shape index (κ1) is 13.9. The largest absolute Gasteiger partial charge is 0.494 e. The maximum Gasteiger partial charge on any atom is 0.416 e. The van der Waals surface area contributed by atoms with Gasteiger partial charge in [0.1, 0.15) is 5.75 Å². The molecule has 0 radical (unpaired) electrons. The Kier molecular flexibility index (Phi) is 4.85. The van der Waals surface area contributed by atoms with E-state index in [2.05, 4.69) is 13.8 Å². The molecule has 0 aliphatic heterocycles. The van der Waals surface area contributed by atoms with Crippen molar-refractivity contribution in [2.75, 3.05) is 6.61 Å². The molecule has 4 heteroatoms. The maximum atomic E-state index is 12.3. The first-order valence-corrected chi connectivity index (χ1v) is 5.69. The molecular weight excluding hydrogens is 229 g/mol. The van der Waals surface area contributed by atoms with Gasteiger partial charge in [-0.1, -0.05) is 13.8 Å². The van der Waals surface area contributed by atoms with E-state index >= 15 is 0 Å². The molecule has 0 aromatic heterocycles. The molecule has 0 unspecified atom stereocenters. The second-order valence-corrected chi connectivity index (χ2v) is 4.41. The van der Waals surface area contributed by atoms with Crippen LogP contribution < -0.4 is 4.74 Å². The Morgan fingerprint density at radius 2 is 1.71 bits per heavy atom. The van der Waals surface area contributed by atoms with Gasteiger partial charge in [-0.05, 0) is 43.0 Å². The zero-order valence-electron chi connectivity index (χ0n) is 10.1. The van der Waals surface area contributed by atoms with Crippen molar-refractivity contribution >= 4 is 0 Å². The van der Waals surface area contributed by atoms with E-state index in [4.69, 9.17) is 4.74 Å². The number of hydrogen-bond donors (Lipinski definition) is 0. The summed E-state index contributed by atoms with van der Waals surface area (Å²) in [7, 11) is 0. The van der Waals surface area contributed by atoms with Crippen molar-refractivity contribution in [3.63, 3.8) is 0 Å². The van der Waals surface area contributed by atoms with Gasteiger partial charge in [0.05, 0.1) is 12.2 Å². The summed E-state index contributed by atoms with van der Waals surface area (Å²) in [5, 5.41) is 0. The highest BCUT2D eigenvalue weighted by Gasteiger charge is 2.29. The summed E-state index contributed by atoms with van der Waals surface area (Å²) in [5.41, 5.74) is -0.646. The van der Waals surface area contributed by atoms with E-state index in [0.29, 0.717) is 18.3 Å². The summed E-state index contributed by atoms with van der Waals surface area (Å²) in [6, 6.07) is 4.80. The fourth-order valence-corrected chi connectivity index (χ4v) is 1.42. The van der Waals surface area contributed by atoms with Crippen LogP contribution in [0.4, 0.5) is 13.2 Å². The fraction of sp³-hybridized carbons (Fsp3) is 0.538. The van der Waals surface area contributed by atoms with Gasteiger partial charge in [0.15, 0.2) is 0 Å². The van der Waals surface area contributed by atoms with Gasteiger partial charge < -0.3 is 4.74 Å². The van der Waals surface area contributed by atoms with Gasteiger partial charge in [0.25, 0.3) is 0 Å². The zero-order valence-corrected chi connectivity index (χ0v) is 10.1.